The van der Waals surface area contributed by atoms with Crippen LogP contribution in [0.15, 0.2) is 53.1 Å². The van der Waals surface area contributed by atoms with Crippen LogP contribution in [0.25, 0.3) is 11.5 Å². The second-order valence-corrected chi connectivity index (χ2v) is 5.25. The number of hydrogen-bond acceptors (Lipinski definition) is 4. The highest BCUT2D eigenvalue weighted by atomic mass is 19.4. The third-order valence-electron chi connectivity index (χ3n) is 3.39. The fourth-order valence-corrected chi connectivity index (χ4v) is 2.12. The highest BCUT2D eigenvalue weighted by Gasteiger charge is 2.30. The Kier molecular flexibility index (Phi) is 4.26. The number of rotatable bonds is 3. The number of nitrogens with one attached hydrogen (secondary N) is 1. The molecule has 1 aromatic heterocycles. The molecule has 1 N–H and O–H groups in total. The van der Waals surface area contributed by atoms with E-state index in [0.717, 1.165) is 24.3 Å². The van der Waals surface area contributed by atoms with Crippen molar-refractivity contribution in [2.75, 3.05) is 5.32 Å². The molecule has 5 nitrogen and oxygen atoms in total. The third-order valence-corrected chi connectivity index (χ3v) is 3.39. The lowest BCUT2D eigenvalue weighted by molar-refractivity contribution is -0.137. The first-order chi connectivity index (χ1) is 11.8. The maximum absolute atomic E-state index is 12.5. The van der Waals surface area contributed by atoms with Gasteiger partial charge in [-0.1, -0.05) is 5.16 Å². The molecule has 0 spiro atoms. The molecule has 0 saturated heterocycles. The number of hydrogen-bond donors (Lipinski definition) is 1. The van der Waals surface area contributed by atoms with Gasteiger partial charge in [0.1, 0.15) is 0 Å². The maximum Gasteiger partial charge on any atom is 0.416 e. The molecule has 1 heterocycles. The highest BCUT2D eigenvalue weighted by molar-refractivity contribution is 6.04. The van der Waals surface area contributed by atoms with Crippen LogP contribution in [-0.4, -0.2) is 16.0 Å². The monoisotopic (exact) mass is 347 g/mol. The number of aromatic nitrogens is 2. The lowest BCUT2D eigenvalue weighted by Gasteiger charge is -2.08. The summed E-state index contributed by atoms with van der Waals surface area (Å²) in [5, 5.41) is 6.31. The summed E-state index contributed by atoms with van der Waals surface area (Å²) in [6.45, 7) is 1.70. The van der Waals surface area contributed by atoms with Gasteiger partial charge in [0.05, 0.1) is 5.56 Å². The maximum atomic E-state index is 12.5. The fourth-order valence-electron chi connectivity index (χ4n) is 2.12. The Morgan fingerprint density at radius 2 is 1.68 bits per heavy atom. The van der Waals surface area contributed by atoms with Gasteiger partial charge >= 0.3 is 6.18 Å². The molecule has 0 fully saturated rings. The Hall–Kier alpha value is -3.16. The van der Waals surface area contributed by atoms with Crippen molar-refractivity contribution in [3.05, 3.63) is 65.5 Å². The molecule has 1 amide bonds. The molecule has 3 aromatic rings. The van der Waals surface area contributed by atoms with Gasteiger partial charge in [-0.05, 0) is 55.5 Å². The molecule has 128 valence electrons. The van der Waals surface area contributed by atoms with Crippen molar-refractivity contribution in [2.45, 2.75) is 13.1 Å². The van der Waals surface area contributed by atoms with Crippen molar-refractivity contribution in [3.8, 4) is 11.5 Å². The van der Waals surface area contributed by atoms with Crippen LogP contribution in [0.3, 0.4) is 0 Å². The summed E-state index contributed by atoms with van der Waals surface area (Å²) in [6.07, 6.45) is -4.43. The number of carbonyl (C=O) groups is 1. The molecule has 2 aromatic carbocycles. The summed E-state index contributed by atoms with van der Waals surface area (Å²) < 4.78 is 42.6. The van der Waals surface area contributed by atoms with E-state index in [-0.39, 0.29) is 5.56 Å². The molecule has 0 bridgehead atoms. The number of nitrogens with zero attached hydrogens (tertiary/aromatic N) is 2. The molecule has 0 unspecified atom stereocenters. The van der Waals surface area contributed by atoms with Gasteiger partial charge in [0, 0.05) is 16.8 Å². The van der Waals surface area contributed by atoms with E-state index in [9.17, 15) is 18.0 Å². The van der Waals surface area contributed by atoms with E-state index >= 15 is 0 Å². The third kappa shape index (κ3) is 3.85. The average Bonchev–Trinajstić information content (AvgIpc) is 3.01. The van der Waals surface area contributed by atoms with Gasteiger partial charge in [-0.2, -0.15) is 18.2 Å². The van der Waals surface area contributed by atoms with Gasteiger partial charge in [0.25, 0.3) is 11.8 Å². The topological polar surface area (TPSA) is 68.0 Å². The zero-order valence-corrected chi connectivity index (χ0v) is 13.0. The summed E-state index contributed by atoms with van der Waals surface area (Å²) in [4.78, 5) is 16.2. The zero-order valence-electron chi connectivity index (χ0n) is 13.0. The minimum absolute atomic E-state index is 0.129. The van der Waals surface area contributed by atoms with Gasteiger partial charge in [-0.25, -0.2) is 0 Å². The standard InChI is InChI=1S/C17H12F3N3O2/c1-10-21-16(25-23-10)12-4-8-14(9-5-12)22-15(24)11-2-6-13(7-3-11)17(18,19)20/h2-9H,1H3,(H,22,24). The summed E-state index contributed by atoms with van der Waals surface area (Å²) in [5.74, 6) is 0.364. The van der Waals surface area contributed by atoms with Crippen LogP contribution < -0.4 is 5.32 Å². The van der Waals surface area contributed by atoms with Crippen LogP contribution >= 0.6 is 0 Å². The molecule has 0 aliphatic rings. The van der Waals surface area contributed by atoms with Crippen LogP contribution in [0, 0.1) is 6.92 Å². The second kappa shape index (κ2) is 6.39. The van der Waals surface area contributed by atoms with Crippen LogP contribution in [0.2, 0.25) is 0 Å². The second-order valence-electron chi connectivity index (χ2n) is 5.25. The first kappa shape index (κ1) is 16.7. The van der Waals surface area contributed by atoms with Crippen LogP contribution in [0.1, 0.15) is 21.7 Å². The van der Waals surface area contributed by atoms with Gasteiger partial charge < -0.3 is 9.84 Å². The minimum Gasteiger partial charge on any atom is -0.334 e. The molecular weight excluding hydrogens is 335 g/mol. The molecule has 0 atom stereocenters. The number of alkyl halides is 3. The van der Waals surface area contributed by atoms with Crippen molar-refractivity contribution >= 4 is 11.6 Å². The molecule has 0 radical (unpaired) electrons. The van der Waals surface area contributed by atoms with Crippen LogP contribution in [0.4, 0.5) is 18.9 Å². The Bertz CT molecular complexity index is 885. The molecule has 0 saturated carbocycles. The summed E-state index contributed by atoms with van der Waals surface area (Å²) >= 11 is 0. The minimum atomic E-state index is -4.43. The van der Waals surface area contributed by atoms with Gasteiger partial charge in [-0.15, -0.1) is 0 Å². The SMILES string of the molecule is Cc1noc(-c2ccc(NC(=O)c3ccc(C(F)(F)F)cc3)cc2)n1. The lowest BCUT2D eigenvalue weighted by Crippen LogP contribution is -2.12. The van der Waals surface area contributed by atoms with Crippen molar-refractivity contribution in [2.24, 2.45) is 0 Å². The summed E-state index contributed by atoms with van der Waals surface area (Å²) in [7, 11) is 0. The Morgan fingerprint density at radius 3 is 2.20 bits per heavy atom. The predicted octanol–water partition coefficient (Wildman–Crippen LogP) is 4.32. The molecular formula is C17H12F3N3O2. The van der Waals surface area contributed by atoms with Crippen molar-refractivity contribution in [1.82, 2.24) is 10.1 Å². The van der Waals surface area contributed by atoms with E-state index in [1.807, 2.05) is 0 Å². The van der Waals surface area contributed by atoms with Crippen molar-refractivity contribution in [1.29, 1.82) is 0 Å². The Labute approximate surface area is 140 Å². The summed E-state index contributed by atoms with van der Waals surface area (Å²) in [6, 6.07) is 10.7. The van der Waals surface area contributed by atoms with Gasteiger partial charge in [0.15, 0.2) is 5.82 Å². The van der Waals surface area contributed by atoms with Gasteiger partial charge in [-0.3, -0.25) is 4.79 Å². The van der Waals surface area contributed by atoms with E-state index in [1.165, 1.54) is 0 Å². The fraction of sp³-hybridized carbons (Fsp3) is 0.118. The molecule has 0 aliphatic heterocycles. The van der Waals surface area contributed by atoms with Crippen molar-refractivity contribution in [3.63, 3.8) is 0 Å². The van der Waals surface area contributed by atoms with E-state index in [4.69, 9.17) is 4.52 Å². The number of anilines is 1. The smallest absolute Gasteiger partial charge is 0.334 e. The van der Waals surface area contributed by atoms with E-state index in [1.54, 1.807) is 31.2 Å². The quantitative estimate of drug-likeness (QED) is 0.766. The van der Waals surface area contributed by atoms with Crippen LogP contribution in [0.5, 0.6) is 0 Å². The number of amides is 1. The zero-order chi connectivity index (χ0) is 18.0. The number of aryl methyl sites for hydroxylation is 1. The van der Waals surface area contributed by atoms with E-state index < -0.39 is 17.6 Å². The molecule has 25 heavy (non-hydrogen) atoms. The Morgan fingerprint density at radius 1 is 1.04 bits per heavy atom. The van der Waals surface area contributed by atoms with E-state index in [2.05, 4.69) is 15.5 Å². The van der Waals surface area contributed by atoms with Crippen LogP contribution in [-0.2, 0) is 6.18 Å². The first-order valence-corrected chi connectivity index (χ1v) is 7.22. The van der Waals surface area contributed by atoms with E-state index in [0.29, 0.717) is 23.0 Å². The average molecular weight is 347 g/mol. The predicted molar refractivity (Wildman–Crippen MR) is 83.9 cm³/mol. The number of carbonyl (C=O) groups excluding carboxylic acids is 1. The number of benzene rings is 2. The highest BCUT2D eigenvalue weighted by Crippen LogP contribution is 2.29. The Balaban J connectivity index is 1.70. The number of halogens is 3. The van der Waals surface area contributed by atoms with Crippen molar-refractivity contribution < 1.29 is 22.5 Å². The first-order valence-electron chi connectivity index (χ1n) is 7.22. The molecule has 0 aliphatic carbocycles. The largest absolute Gasteiger partial charge is 0.416 e. The van der Waals surface area contributed by atoms with Gasteiger partial charge in [0.2, 0.25) is 0 Å². The normalized spacial score (nSPS) is 11.4. The molecule has 8 heteroatoms. The summed E-state index contributed by atoms with van der Waals surface area (Å²) in [5.41, 5.74) is 0.505. The lowest BCUT2D eigenvalue weighted by atomic mass is 10.1. The molecule has 3 rings (SSSR count).